The van der Waals surface area contributed by atoms with Gasteiger partial charge in [-0.2, -0.15) is 0 Å². The van der Waals surface area contributed by atoms with Crippen LogP contribution in [0.2, 0.25) is 0 Å². The Labute approximate surface area is 145 Å². The van der Waals surface area contributed by atoms with E-state index in [1.54, 1.807) is 18.7 Å². The molecule has 24 heavy (non-hydrogen) atoms. The highest BCUT2D eigenvalue weighted by molar-refractivity contribution is 8.00. The molecule has 2 N–H and O–H groups in total. The van der Waals surface area contributed by atoms with Gasteiger partial charge in [0.1, 0.15) is 11.1 Å². The summed E-state index contributed by atoms with van der Waals surface area (Å²) in [5, 5.41) is 13.0. The number of amides is 1. The summed E-state index contributed by atoms with van der Waals surface area (Å²) in [6.45, 7) is 1.76. The van der Waals surface area contributed by atoms with Crippen molar-refractivity contribution in [3.63, 3.8) is 0 Å². The van der Waals surface area contributed by atoms with Crippen molar-refractivity contribution in [2.75, 3.05) is 5.75 Å². The number of aryl methyl sites for hydroxylation is 1. The Morgan fingerprint density at radius 3 is 2.71 bits per heavy atom. The van der Waals surface area contributed by atoms with Crippen LogP contribution in [0.4, 0.5) is 4.39 Å². The van der Waals surface area contributed by atoms with Crippen LogP contribution in [0.3, 0.4) is 0 Å². The first-order valence-electron chi connectivity index (χ1n) is 7.99. The molecule has 2 aromatic carbocycles. The van der Waals surface area contributed by atoms with E-state index in [9.17, 15) is 14.3 Å². The number of hydrogen-bond acceptors (Lipinski definition) is 3. The zero-order valence-corrected chi connectivity index (χ0v) is 14.2. The number of thioether (sulfide) groups is 1. The summed E-state index contributed by atoms with van der Waals surface area (Å²) in [4.78, 5) is 12.7. The van der Waals surface area contributed by atoms with E-state index < -0.39 is 12.1 Å². The fourth-order valence-corrected chi connectivity index (χ4v) is 4.14. The average molecular weight is 345 g/mol. The maximum atomic E-state index is 13.0. The molecule has 3 nitrogen and oxygen atoms in total. The monoisotopic (exact) mass is 345 g/mol. The van der Waals surface area contributed by atoms with Gasteiger partial charge in [-0.1, -0.05) is 36.4 Å². The zero-order valence-electron chi connectivity index (χ0n) is 13.4. The lowest BCUT2D eigenvalue weighted by Crippen LogP contribution is -2.40. The maximum Gasteiger partial charge on any atom is 0.237 e. The van der Waals surface area contributed by atoms with Crippen molar-refractivity contribution in [2.24, 2.45) is 0 Å². The van der Waals surface area contributed by atoms with Crippen molar-refractivity contribution < 1.29 is 14.3 Å². The number of hydrogen-bond donors (Lipinski definition) is 2. The molecule has 126 valence electrons. The Balaban J connectivity index is 1.69. The predicted octanol–water partition coefficient (Wildman–Crippen LogP) is 3.39. The third kappa shape index (κ3) is 3.62. The highest BCUT2D eigenvalue weighted by Crippen LogP contribution is 2.37. The van der Waals surface area contributed by atoms with Crippen LogP contribution in [0.1, 0.15) is 35.0 Å². The average Bonchev–Trinajstić information content (AvgIpc) is 2.61. The minimum absolute atomic E-state index is 0.0965. The van der Waals surface area contributed by atoms with Crippen molar-refractivity contribution in [3.8, 4) is 0 Å². The number of benzene rings is 2. The third-order valence-electron chi connectivity index (χ3n) is 4.29. The molecule has 0 fully saturated rings. The van der Waals surface area contributed by atoms with Gasteiger partial charge in [-0.25, -0.2) is 4.39 Å². The third-order valence-corrected chi connectivity index (χ3v) is 5.53. The zero-order chi connectivity index (χ0) is 17.1. The van der Waals surface area contributed by atoms with Gasteiger partial charge < -0.3 is 10.4 Å². The van der Waals surface area contributed by atoms with Crippen LogP contribution in [0.25, 0.3) is 0 Å². The van der Waals surface area contributed by atoms with E-state index in [0.717, 1.165) is 17.7 Å². The van der Waals surface area contributed by atoms with Crippen molar-refractivity contribution in [1.82, 2.24) is 5.32 Å². The minimum Gasteiger partial charge on any atom is -0.386 e. The van der Waals surface area contributed by atoms with Crippen LogP contribution in [0, 0.1) is 5.82 Å². The Morgan fingerprint density at radius 1 is 1.25 bits per heavy atom. The van der Waals surface area contributed by atoms with Crippen LogP contribution in [-0.2, 0) is 11.2 Å². The second-order valence-electron chi connectivity index (χ2n) is 5.99. The lowest BCUT2D eigenvalue weighted by Gasteiger charge is -2.27. The van der Waals surface area contributed by atoms with Gasteiger partial charge in [0.2, 0.25) is 5.91 Å². The Hall–Kier alpha value is -1.85. The molecular formula is C19H20FNO2S. The summed E-state index contributed by atoms with van der Waals surface area (Å²) in [6, 6.07) is 13.2. The van der Waals surface area contributed by atoms with Crippen LogP contribution in [0.15, 0.2) is 48.5 Å². The molecule has 0 saturated carbocycles. The molecule has 1 heterocycles. The van der Waals surface area contributed by atoms with Crippen molar-refractivity contribution >= 4 is 17.7 Å². The van der Waals surface area contributed by atoms with Crippen LogP contribution in [-0.4, -0.2) is 22.8 Å². The molecule has 5 heteroatoms. The number of fused-ring (bicyclic) bond motifs is 1. The minimum atomic E-state index is -0.876. The molecule has 0 bridgehead atoms. The number of aliphatic hydroxyl groups excluding tert-OH is 1. The van der Waals surface area contributed by atoms with Crippen LogP contribution < -0.4 is 5.32 Å². The highest BCUT2D eigenvalue weighted by Gasteiger charge is 2.29. The second-order valence-corrected chi connectivity index (χ2v) is 7.21. The number of nitrogens with one attached hydrogen (secondary N) is 1. The molecule has 3 rings (SSSR count). The standard InChI is InChI=1S/C19H20FNO2S/c1-12(17(22)14-6-8-15(20)9-7-14)21-19(23)18-16-5-3-2-4-13(16)10-11-24-18/h2-9,12,17-18,22H,10-11H2,1H3,(H,21,23). The SMILES string of the molecule is CC(NC(=O)C1SCCc2ccccc21)C(O)c1ccc(F)cc1. The van der Waals surface area contributed by atoms with Gasteiger partial charge >= 0.3 is 0 Å². The van der Waals surface area contributed by atoms with Gasteiger partial charge in [0.15, 0.2) is 0 Å². The van der Waals surface area contributed by atoms with Crippen molar-refractivity contribution in [3.05, 3.63) is 71.0 Å². The summed E-state index contributed by atoms with van der Waals surface area (Å²) in [5.74, 6) is 0.461. The molecule has 1 amide bonds. The number of carbonyl (C=O) groups excluding carboxylic acids is 1. The molecular weight excluding hydrogens is 325 g/mol. The quantitative estimate of drug-likeness (QED) is 0.893. The van der Waals surface area contributed by atoms with E-state index in [-0.39, 0.29) is 17.0 Å². The second kappa shape index (κ2) is 7.36. The van der Waals surface area contributed by atoms with Gasteiger partial charge in [-0.05, 0) is 47.9 Å². The first-order valence-corrected chi connectivity index (χ1v) is 9.04. The first kappa shape index (κ1) is 17.0. The molecule has 0 spiro atoms. The number of rotatable bonds is 4. The Kier molecular flexibility index (Phi) is 5.21. The normalized spacial score (nSPS) is 19.2. The number of aliphatic hydroxyl groups is 1. The number of carbonyl (C=O) groups is 1. The lowest BCUT2D eigenvalue weighted by molar-refractivity contribution is -0.122. The Bertz CT molecular complexity index is 720. The van der Waals surface area contributed by atoms with Gasteiger partial charge in [-0.15, -0.1) is 11.8 Å². The molecule has 1 aliphatic heterocycles. The Morgan fingerprint density at radius 2 is 1.96 bits per heavy atom. The molecule has 0 saturated heterocycles. The molecule has 0 aromatic heterocycles. The summed E-state index contributed by atoms with van der Waals surface area (Å²) in [6.07, 6.45) is 0.0941. The maximum absolute atomic E-state index is 13.0. The number of halogens is 1. The van der Waals surface area contributed by atoms with E-state index >= 15 is 0 Å². The van der Waals surface area contributed by atoms with Crippen molar-refractivity contribution in [1.29, 1.82) is 0 Å². The van der Waals surface area contributed by atoms with Gasteiger partial charge in [0, 0.05) is 0 Å². The van der Waals surface area contributed by atoms with E-state index in [2.05, 4.69) is 11.4 Å². The van der Waals surface area contributed by atoms with E-state index in [4.69, 9.17) is 0 Å². The smallest absolute Gasteiger partial charge is 0.237 e. The molecule has 3 unspecified atom stereocenters. The topological polar surface area (TPSA) is 49.3 Å². The predicted molar refractivity (Wildman–Crippen MR) is 94.3 cm³/mol. The molecule has 0 aliphatic carbocycles. The van der Waals surface area contributed by atoms with Gasteiger partial charge in [-0.3, -0.25) is 4.79 Å². The summed E-state index contributed by atoms with van der Waals surface area (Å²) < 4.78 is 13.0. The fourth-order valence-electron chi connectivity index (χ4n) is 2.94. The molecule has 1 aliphatic rings. The molecule has 3 atom stereocenters. The fraction of sp³-hybridized carbons (Fsp3) is 0.316. The van der Waals surface area contributed by atoms with Crippen LogP contribution in [0.5, 0.6) is 0 Å². The molecule has 2 aromatic rings. The van der Waals surface area contributed by atoms with E-state index in [1.165, 1.54) is 29.8 Å². The van der Waals surface area contributed by atoms with E-state index in [0.29, 0.717) is 5.56 Å². The summed E-state index contributed by atoms with van der Waals surface area (Å²) in [5.41, 5.74) is 2.85. The first-order chi connectivity index (χ1) is 11.6. The summed E-state index contributed by atoms with van der Waals surface area (Å²) in [7, 11) is 0. The van der Waals surface area contributed by atoms with E-state index in [1.807, 2.05) is 18.2 Å². The lowest BCUT2D eigenvalue weighted by atomic mass is 10.00. The van der Waals surface area contributed by atoms with Crippen molar-refractivity contribution in [2.45, 2.75) is 30.7 Å². The van der Waals surface area contributed by atoms with Crippen LogP contribution >= 0.6 is 11.8 Å². The van der Waals surface area contributed by atoms with Gasteiger partial charge in [0.05, 0.1) is 12.1 Å². The van der Waals surface area contributed by atoms with Gasteiger partial charge in [0.25, 0.3) is 0 Å². The highest BCUT2D eigenvalue weighted by atomic mass is 32.2. The summed E-state index contributed by atoms with van der Waals surface area (Å²) >= 11 is 1.62. The molecule has 0 radical (unpaired) electrons. The largest absolute Gasteiger partial charge is 0.386 e.